The number of aromatic nitrogens is 4. The van der Waals surface area contributed by atoms with Crippen LogP contribution in [0.4, 0.5) is 0 Å². The monoisotopic (exact) mass is 790 g/mol. The molecule has 13 rings (SSSR count). The summed E-state index contributed by atoms with van der Waals surface area (Å²) in [5, 5.41) is 11.6. The number of furan rings is 1. The molecule has 5 heteroatoms. The lowest BCUT2D eigenvalue weighted by Gasteiger charge is -2.13. The number of benzene rings is 10. The smallest absolute Gasteiger partial charge is 0.167 e. The lowest BCUT2D eigenvalue weighted by Crippen LogP contribution is -2.01. The Kier molecular flexibility index (Phi) is 7.54. The van der Waals surface area contributed by atoms with Gasteiger partial charge in [0.2, 0.25) is 0 Å². The van der Waals surface area contributed by atoms with Gasteiger partial charge in [-0.25, -0.2) is 15.0 Å². The van der Waals surface area contributed by atoms with Gasteiger partial charge >= 0.3 is 0 Å². The van der Waals surface area contributed by atoms with E-state index < -0.39 is 0 Å². The fraction of sp³-hybridized carbons (Fsp3) is 0. The Hall–Kier alpha value is -8.41. The molecule has 3 heterocycles. The fourth-order valence-corrected chi connectivity index (χ4v) is 9.50. The van der Waals surface area contributed by atoms with Crippen LogP contribution in [0.2, 0.25) is 0 Å². The van der Waals surface area contributed by atoms with Crippen molar-refractivity contribution in [3.8, 4) is 51.0 Å². The number of hydrogen-bond acceptors (Lipinski definition) is 4. The van der Waals surface area contributed by atoms with Gasteiger partial charge in [-0.15, -0.1) is 0 Å². The Bertz CT molecular complexity index is 3810. The zero-order valence-corrected chi connectivity index (χ0v) is 33.3. The first kappa shape index (κ1) is 34.5. The van der Waals surface area contributed by atoms with Gasteiger partial charge in [0.1, 0.15) is 11.2 Å². The molecule has 0 saturated carbocycles. The molecule has 0 aliphatic rings. The molecule has 0 fully saturated rings. The van der Waals surface area contributed by atoms with Gasteiger partial charge in [-0.3, -0.25) is 0 Å². The van der Waals surface area contributed by atoms with Crippen molar-refractivity contribution in [2.45, 2.75) is 0 Å². The van der Waals surface area contributed by atoms with Crippen molar-refractivity contribution in [3.63, 3.8) is 0 Å². The van der Waals surface area contributed by atoms with Crippen LogP contribution in [0.1, 0.15) is 0 Å². The van der Waals surface area contributed by atoms with Crippen molar-refractivity contribution in [2.24, 2.45) is 0 Å². The molecule has 0 bridgehead atoms. The predicted octanol–water partition coefficient (Wildman–Crippen LogP) is 15.0. The van der Waals surface area contributed by atoms with E-state index in [1.54, 1.807) is 0 Å². The third-order valence-electron chi connectivity index (χ3n) is 12.4. The molecule has 5 nitrogen and oxygen atoms in total. The molecule has 0 amide bonds. The number of fused-ring (bicyclic) bond motifs is 11. The van der Waals surface area contributed by atoms with Gasteiger partial charge in [-0.1, -0.05) is 170 Å². The van der Waals surface area contributed by atoms with E-state index in [1.165, 1.54) is 32.3 Å². The molecule has 0 unspecified atom stereocenters. The van der Waals surface area contributed by atoms with Crippen molar-refractivity contribution in [1.82, 2.24) is 19.5 Å². The van der Waals surface area contributed by atoms with Crippen molar-refractivity contribution >= 4 is 76.1 Å². The summed E-state index contributed by atoms with van der Waals surface area (Å²) in [4.78, 5) is 15.5. The highest BCUT2D eigenvalue weighted by Gasteiger charge is 2.24. The lowest BCUT2D eigenvalue weighted by atomic mass is 10.00. The second-order valence-electron chi connectivity index (χ2n) is 15.9. The second kappa shape index (κ2) is 13.6. The van der Waals surface area contributed by atoms with E-state index in [4.69, 9.17) is 19.4 Å². The van der Waals surface area contributed by atoms with E-state index in [9.17, 15) is 0 Å². The summed E-state index contributed by atoms with van der Waals surface area (Å²) in [5.41, 5.74) is 9.71. The topological polar surface area (TPSA) is 56.7 Å². The minimum absolute atomic E-state index is 0.542. The van der Waals surface area contributed by atoms with E-state index in [-0.39, 0.29) is 0 Å². The second-order valence-corrected chi connectivity index (χ2v) is 15.9. The maximum Gasteiger partial charge on any atom is 0.167 e. The van der Waals surface area contributed by atoms with E-state index in [0.717, 1.165) is 77.2 Å². The normalized spacial score (nSPS) is 11.9. The molecular formula is C57H34N4O. The van der Waals surface area contributed by atoms with E-state index in [2.05, 4.69) is 174 Å². The van der Waals surface area contributed by atoms with Crippen molar-refractivity contribution < 1.29 is 4.42 Å². The lowest BCUT2D eigenvalue weighted by molar-refractivity contribution is 0.670. The summed E-state index contributed by atoms with van der Waals surface area (Å²) in [7, 11) is 0. The van der Waals surface area contributed by atoms with Gasteiger partial charge in [-0.05, 0) is 79.8 Å². The van der Waals surface area contributed by atoms with Gasteiger partial charge in [0.15, 0.2) is 17.5 Å². The summed E-state index contributed by atoms with van der Waals surface area (Å²) in [6, 6.07) is 72.7. The van der Waals surface area contributed by atoms with Crippen LogP contribution in [0.25, 0.3) is 127 Å². The van der Waals surface area contributed by atoms with Crippen molar-refractivity contribution in [1.29, 1.82) is 0 Å². The highest BCUT2D eigenvalue weighted by molar-refractivity contribution is 6.29. The van der Waals surface area contributed by atoms with E-state index in [0.29, 0.717) is 17.5 Å². The van der Waals surface area contributed by atoms with Crippen LogP contribution < -0.4 is 0 Å². The Balaban J connectivity index is 1.11. The summed E-state index contributed by atoms with van der Waals surface area (Å²) in [6.45, 7) is 0. The highest BCUT2D eigenvalue weighted by atomic mass is 16.3. The maximum atomic E-state index is 7.09. The quantitative estimate of drug-likeness (QED) is 0.174. The number of hydrogen-bond donors (Lipinski definition) is 0. The zero-order valence-electron chi connectivity index (χ0n) is 33.3. The average molecular weight is 791 g/mol. The van der Waals surface area contributed by atoms with Gasteiger partial charge < -0.3 is 8.98 Å². The Morgan fingerprint density at radius 3 is 1.45 bits per heavy atom. The summed E-state index contributed by atoms with van der Waals surface area (Å²) in [5.74, 6) is 1.73. The zero-order chi connectivity index (χ0) is 40.7. The Morgan fingerprint density at radius 2 is 0.823 bits per heavy atom. The Labute approximate surface area is 355 Å². The third-order valence-corrected chi connectivity index (χ3v) is 12.4. The van der Waals surface area contributed by atoms with Crippen LogP contribution in [0.3, 0.4) is 0 Å². The molecule has 288 valence electrons. The third kappa shape index (κ3) is 5.32. The summed E-state index contributed by atoms with van der Waals surface area (Å²) < 4.78 is 9.52. The molecule has 3 aromatic heterocycles. The van der Waals surface area contributed by atoms with Gasteiger partial charge in [-0.2, -0.15) is 0 Å². The van der Waals surface area contributed by atoms with Gasteiger partial charge in [0.05, 0.1) is 27.7 Å². The minimum atomic E-state index is 0.542. The molecule has 0 N–H and O–H groups in total. The summed E-state index contributed by atoms with van der Waals surface area (Å²) in [6.07, 6.45) is 0. The first-order valence-corrected chi connectivity index (χ1v) is 20.9. The van der Waals surface area contributed by atoms with Crippen LogP contribution in [-0.4, -0.2) is 19.5 Å². The van der Waals surface area contributed by atoms with Crippen molar-refractivity contribution in [2.75, 3.05) is 0 Å². The molecule has 10 aromatic carbocycles. The first-order valence-electron chi connectivity index (χ1n) is 20.9. The first-order chi connectivity index (χ1) is 30.7. The molecule has 0 aliphatic carbocycles. The maximum absolute atomic E-state index is 7.09. The summed E-state index contributed by atoms with van der Waals surface area (Å²) >= 11 is 0. The Morgan fingerprint density at radius 1 is 0.339 bits per heavy atom. The fourth-order valence-electron chi connectivity index (χ4n) is 9.50. The predicted molar refractivity (Wildman–Crippen MR) is 256 cm³/mol. The average Bonchev–Trinajstić information content (AvgIpc) is 3.90. The molecule has 62 heavy (non-hydrogen) atoms. The van der Waals surface area contributed by atoms with E-state index >= 15 is 0 Å². The minimum Gasteiger partial charge on any atom is -0.455 e. The molecule has 0 spiro atoms. The highest BCUT2D eigenvalue weighted by Crippen LogP contribution is 2.45. The largest absolute Gasteiger partial charge is 0.455 e. The van der Waals surface area contributed by atoms with Crippen LogP contribution in [0.15, 0.2) is 211 Å². The van der Waals surface area contributed by atoms with Crippen LogP contribution in [0, 0.1) is 0 Å². The number of nitrogens with zero attached hydrogens (tertiary/aromatic N) is 4. The molecule has 0 saturated heterocycles. The van der Waals surface area contributed by atoms with Gasteiger partial charge in [0.25, 0.3) is 0 Å². The molecule has 0 atom stereocenters. The van der Waals surface area contributed by atoms with Crippen LogP contribution >= 0.6 is 0 Å². The molecule has 0 aliphatic heterocycles. The van der Waals surface area contributed by atoms with Crippen LogP contribution in [0.5, 0.6) is 0 Å². The van der Waals surface area contributed by atoms with Gasteiger partial charge in [0, 0.05) is 27.3 Å². The van der Waals surface area contributed by atoms with Crippen molar-refractivity contribution in [3.05, 3.63) is 206 Å². The van der Waals surface area contributed by atoms with E-state index in [1.807, 2.05) is 36.4 Å². The number of rotatable bonds is 5. The standard InChI is InChI=1S/C57H34N4O/c1-3-13-35(14-4-1)36-23-25-40(26-24-36)56-58-55(39-17-5-2-6-18-39)59-57(60-56)45-29-32-49(53-46-33-41-19-7-8-20-42(41)34-50(46)62-54(45)53)61-47-30-27-37-15-9-11-21-43(37)51(47)52-44-22-12-10-16-38(44)28-31-48(52)61/h1-34H. The molecule has 13 aromatic rings. The van der Waals surface area contributed by atoms with Crippen LogP contribution in [-0.2, 0) is 0 Å². The molecular weight excluding hydrogens is 757 g/mol. The molecule has 0 radical (unpaired) electrons. The SMILES string of the molecule is c1ccc(-c2ccc(-c3nc(-c4ccccc4)nc(-c4ccc(-n5c6ccc7ccccc7c6c6c7ccccc7ccc65)c5c4oc4cc6ccccc6cc45)n3)cc2)cc1.